The molecular formula is C13H15N3O2S. The van der Waals surface area contributed by atoms with E-state index in [9.17, 15) is 4.79 Å². The number of anilines is 1. The number of nitrogens with one attached hydrogen (secondary N) is 1. The highest BCUT2D eigenvalue weighted by molar-refractivity contribution is 7.13. The minimum absolute atomic E-state index is 0.379. The highest BCUT2D eigenvalue weighted by atomic mass is 32.1. The largest absolute Gasteiger partial charge is 0.480 e. The second-order valence-electron chi connectivity index (χ2n) is 4.24. The lowest BCUT2D eigenvalue weighted by molar-refractivity contribution is -0.138. The first-order chi connectivity index (χ1) is 9.06. The Hall–Kier alpha value is -1.92. The van der Waals surface area contributed by atoms with Crippen molar-refractivity contribution in [1.82, 2.24) is 4.98 Å². The van der Waals surface area contributed by atoms with Crippen LogP contribution in [0.1, 0.15) is 22.9 Å². The Morgan fingerprint density at radius 1 is 1.58 bits per heavy atom. The Balaban J connectivity index is 1.99. The van der Waals surface area contributed by atoms with Gasteiger partial charge < -0.3 is 16.2 Å². The van der Waals surface area contributed by atoms with Crippen LogP contribution in [0, 0.1) is 6.92 Å². The Kier molecular flexibility index (Phi) is 4.13. The number of carboxylic acids is 1. The number of aromatic nitrogens is 1. The van der Waals surface area contributed by atoms with Gasteiger partial charge in [0.25, 0.3) is 0 Å². The lowest BCUT2D eigenvalue weighted by atomic mass is 10.1. The molecule has 1 aromatic carbocycles. The summed E-state index contributed by atoms with van der Waals surface area (Å²) in [6.07, 6.45) is 0. The zero-order valence-corrected chi connectivity index (χ0v) is 11.3. The molecule has 0 radical (unpaired) electrons. The number of carbonyl (C=O) groups is 1. The fraction of sp³-hybridized carbons (Fsp3) is 0.231. The van der Waals surface area contributed by atoms with Crippen LogP contribution >= 0.6 is 11.3 Å². The normalized spacial score (nSPS) is 12.1. The molecule has 0 bridgehead atoms. The number of benzene rings is 1. The van der Waals surface area contributed by atoms with Crippen LogP contribution in [0.4, 0.5) is 5.13 Å². The molecule has 0 aliphatic rings. The number of nitrogens with two attached hydrogens (primary N) is 1. The number of rotatable bonds is 5. The molecular weight excluding hydrogens is 262 g/mol. The third-order valence-electron chi connectivity index (χ3n) is 2.63. The Labute approximate surface area is 115 Å². The summed E-state index contributed by atoms with van der Waals surface area (Å²) in [6, 6.07) is 7.09. The summed E-state index contributed by atoms with van der Waals surface area (Å²) in [5.41, 5.74) is 8.23. The van der Waals surface area contributed by atoms with Crippen molar-refractivity contribution < 1.29 is 9.90 Å². The van der Waals surface area contributed by atoms with Crippen molar-refractivity contribution >= 4 is 22.4 Å². The molecule has 100 valence electrons. The van der Waals surface area contributed by atoms with Crippen molar-refractivity contribution in [3.05, 3.63) is 46.5 Å². The quantitative estimate of drug-likeness (QED) is 0.779. The van der Waals surface area contributed by atoms with Crippen LogP contribution < -0.4 is 11.1 Å². The summed E-state index contributed by atoms with van der Waals surface area (Å²) in [5.74, 6) is -1.07. The average molecular weight is 277 g/mol. The highest BCUT2D eigenvalue weighted by Crippen LogP contribution is 2.20. The van der Waals surface area contributed by atoms with Gasteiger partial charge in [0.15, 0.2) is 5.13 Å². The molecule has 19 heavy (non-hydrogen) atoms. The molecule has 4 N–H and O–H groups in total. The molecule has 5 nitrogen and oxygen atoms in total. The molecule has 0 saturated carbocycles. The third kappa shape index (κ3) is 3.52. The predicted octanol–water partition coefficient (Wildman–Crippen LogP) is 2.15. The van der Waals surface area contributed by atoms with Crippen LogP contribution in [0.3, 0.4) is 0 Å². The highest BCUT2D eigenvalue weighted by Gasteiger charge is 2.17. The number of hydrogen-bond donors (Lipinski definition) is 3. The second kappa shape index (κ2) is 5.81. The molecule has 0 saturated heterocycles. The van der Waals surface area contributed by atoms with Gasteiger partial charge in [-0.25, -0.2) is 4.98 Å². The zero-order chi connectivity index (χ0) is 13.8. The van der Waals surface area contributed by atoms with E-state index < -0.39 is 12.0 Å². The maximum Gasteiger partial charge on any atom is 0.326 e. The van der Waals surface area contributed by atoms with Gasteiger partial charge in [-0.15, -0.1) is 11.3 Å². The van der Waals surface area contributed by atoms with Crippen LogP contribution in [0.5, 0.6) is 0 Å². The van der Waals surface area contributed by atoms with Gasteiger partial charge in [-0.2, -0.15) is 0 Å². The number of hydrogen-bond acceptors (Lipinski definition) is 5. The van der Waals surface area contributed by atoms with Crippen molar-refractivity contribution in [2.24, 2.45) is 5.73 Å². The topological polar surface area (TPSA) is 88.2 Å². The molecule has 1 aromatic heterocycles. The van der Waals surface area contributed by atoms with Crippen molar-refractivity contribution in [2.45, 2.75) is 19.5 Å². The van der Waals surface area contributed by atoms with E-state index in [1.54, 1.807) is 5.38 Å². The SMILES string of the molecule is Cc1cccc(CNc2nc(C(N)C(=O)O)cs2)c1. The summed E-state index contributed by atoms with van der Waals surface area (Å²) >= 11 is 1.35. The van der Waals surface area contributed by atoms with Crippen molar-refractivity contribution in [3.8, 4) is 0 Å². The Morgan fingerprint density at radius 3 is 3.05 bits per heavy atom. The van der Waals surface area contributed by atoms with Gasteiger partial charge in [-0.3, -0.25) is 4.79 Å². The predicted molar refractivity (Wildman–Crippen MR) is 75.2 cm³/mol. The monoisotopic (exact) mass is 277 g/mol. The zero-order valence-electron chi connectivity index (χ0n) is 10.5. The van der Waals surface area contributed by atoms with E-state index in [2.05, 4.69) is 16.4 Å². The fourth-order valence-electron chi connectivity index (χ4n) is 1.64. The van der Waals surface area contributed by atoms with E-state index in [-0.39, 0.29) is 0 Å². The first kappa shape index (κ1) is 13.5. The molecule has 1 atom stereocenters. The molecule has 2 rings (SSSR count). The number of nitrogens with zero attached hydrogens (tertiary/aromatic N) is 1. The smallest absolute Gasteiger partial charge is 0.326 e. The van der Waals surface area contributed by atoms with Crippen molar-refractivity contribution in [3.63, 3.8) is 0 Å². The lowest BCUT2D eigenvalue weighted by Crippen LogP contribution is -2.20. The van der Waals surface area contributed by atoms with Crippen LogP contribution in [0.15, 0.2) is 29.6 Å². The van der Waals surface area contributed by atoms with Gasteiger partial charge in [0.05, 0.1) is 5.69 Å². The van der Waals surface area contributed by atoms with Crippen LogP contribution in [0.25, 0.3) is 0 Å². The van der Waals surface area contributed by atoms with Gasteiger partial charge in [0.2, 0.25) is 0 Å². The van der Waals surface area contributed by atoms with Crippen LogP contribution in [0.2, 0.25) is 0 Å². The maximum absolute atomic E-state index is 10.7. The van der Waals surface area contributed by atoms with Crippen molar-refractivity contribution in [2.75, 3.05) is 5.32 Å². The van der Waals surface area contributed by atoms with E-state index in [4.69, 9.17) is 10.8 Å². The average Bonchev–Trinajstić information content (AvgIpc) is 2.84. The van der Waals surface area contributed by atoms with Gasteiger partial charge in [-0.1, -0.05) is 29.8 Å². The van der Waals surface area contributed by atoms with E-state index in [0.29, 0.717) is 17.4 Å². The summed E-state index contributed by atoms with van der Waals surface area (Å²) in [6.45, 7) is 2.69. The number of aryl methyl sites for hydroxylation is 1. The molecule has 0 spiro atoms. The second-order valence-corrected chi connectivity index (χ2v) is 5.09. The van der Waals surface area contributed by atoms with E-state index in [0.717, 1.165) is 5.56 Å². The first-order valence-corrected chi connectivity index (χ1v) is 6.67. The number of aliphatic carboxylic acids is 1. The minimum Gasteiger partial charge on any atom is -0.480 e. The van der Waals surface area contributed by atoms with Gasteiger partial charge >= 0.3 is 5.97 Å². The Morgan fingerprint density at radius 2 is 2.37 bits per heavy atom. The summed E-state index contributed by atoms with van der Waals surface area (Å²) in [7, 11) is 0. The summed E-state index contributed by atoms with van der Waals surface area (Å²) in [5, 5.41) is 14.3. The van der Waals surface area contributed by atoms with Crippen LogP contribution in [-0.2, 0) is 11.3 Å². The molecule has 2 aromatic rings. The number of thiazole rings is 1. The molecule has 0 aliphatic carbocycles. The first-order valence-electron chi connectivity index (χ1n) is 5.79. The summed E-state index contributed by atoms with van der Waals surface area (Å²) in [4.78, 5) is 14.9. The van der Waals surface area contributed by atoms with E-state index in [1.165, 1.54) is 16.9 Å². The van der Waals surface area contributed by atoms with Gasteiger partial charge in [0.1, 0.15) is 6.04 Å². The lowest BCUT2D eigenvalue weighted by Gasteiger charge is -2.04. The van der Waals surface area contributed by atoms with E-state index in [1.807, 2.05) is 25.1 Å². The van der Waals surface area contributed by atoms with Gasteiger partial charge in [-0.05, 0) is 12.5 Å². The Bertz CT molecular complexity index is 583. The molecule has 0 fully saturated rings. The third-order valence-corrected chi connectivity index (χ3v) is 3.45. The maximum atomic E-state index is 10.7. The molecule has 1 heterocycles. The standard InChI is InChI=1S/C13H15N3O2S/c1-8-3-2-4-9(5-8)6-15-13-16-10(7-19-13)11(14)12(17)18/h2-5,7,11H,6,14H2,1H3,(H,15,16)(H,17,18). The van der Waals surface area contributed by atoms with Gasteiger partial charge in [0, 0.05) is 11.9 Å². The molecule has 0 amide bonds. The van der Waals surface area contributed by atoms with E-state index >= 15 is 0 Å². The number of carboxylic acid groups (broad SMARTS) is 1. The fourth-order valence-corrected chi connectivity index (χ4v) is 2.38. The minimum atomic E-state index is -1.07. The van der Waals surface area contributed by atoms with Crippen molar-refractivity contribution in [1.29, 1.82) is 0 Å². The summed E-state index contributed by atoms with van der Waals surface area (Å²) < 4.78 is 0. The molecule has 6 heteroatoms. The van der Waals surface area contributed by atoms with Crippen LogP contribution in [-0.4, -0.2) is 16.1 Å². The molecule has 1 unspecified atom stereocenters. The molecule has 0 aliphatic heterocycles.